The maximum Gasteiger partial charge on any atom is 0.0306 e. The van der Waals surface area contributed by atoms with Gasteiger partial charge in [0.05, 0.1) is 0 Å². The highest BCUT2D eigenvalue weighted by atomic mass is 32.1. The molecule has 1 fully saturated rings. The third kappa shape index (κ3) is 4.06. The second kappa shape index (κ2) is 7.58. The summed E-state index contributed by atoms with van der Waals surface area (Å²) in [7, 11) is 0. The largest absolute Gasteiger partial charge is 0.312 e. The number of piperidine rings is 1. The quantitative estimate of drug-likeness (QED) is 0.820. The van der Waals surface area contributed by atoms with Crippen LogP contribution in [0.3, 0.4) is 0 Å². The highest BCUT2D eigenvalue weighted by Crippen LogP contribution is 2.26. The molecule has 1 atom stereocenters. The zero-order chi connectivity index (χ0) is 14.4. The number of thiophene rings is 1. The van der Waals surface area contributed by atoms with Crippen molar-refractivity contribution >= 4 is 11.3 Å². The number of hydrogen-bond donors (Lipinski definition) is 1. The third-order valence-electron chi connectivity index (χ3n) is 4.73. The molecule has 2 heterocycles. The lowest BCUT2D eigenvalue weighted by atomic mass is 9.87. The normalized spacial score (nSPS) is 19.1. The van der Waals surface area contributed by atoms with E-state index in [9.17, 15) is 0 Å². The van der Waals surface area contributed by atoms with Crippen molar-refractivity contribution in [3.05, 3.63) is 22.4 Å². The summed E-state index contributed by atoms with van der Waals surface area (Å²) in [4.78, 5) is 4.22. The van der Waals surface area contributed by atoms with Gasteiger partial charge in [-0.3, -0.25) is 4.90 Å². The van der Waals surface area contributed by atoms with E-state index in [-0.39, 0.29) is 5.54 Å². The summed E-state index contributed by atoms with van der Waals surface area (Å²) in [5.74, 6) is 0. The molecule has 1 aromatic rings. The van der Waals surface area contributed by atoms with E-state index >= 15 is 0 Å². The van der Waals surface area contributed by atoms with E-state index in [1.54, 1.807) is 0 Å². The number of rotatable bonds is 7. The fraction of sp³-hybridized carbons (Fsp3) is 0.765. The molecule has 3 heteroatoms. The van der Waals surface area contributed by atoms with Crippen LogP contribution < -0.4 is 5.32 Å². The molecule has 0 saturated carbocycles. The first-order chi connectivity index (χ1) is 9.64. The summed E-state index contributed by atoms with van der Waals surface area (Å²) >= 11 is 1.89. The molecule has 1 unspecified atom stereocenters. The fourth-order valence-electron chi connectivity index (χ4n) is 3.38. The van der Waals surface area contributed by atoms with Gasteiger partial charge >= 0.3 is 0 Å². The monoisotopic (exact) mass is 294 g/mol. The molecule has 0 bridgehead atoms. The van der Waals surface area contributed by atoms with Gasteiger partial charge in [0.1, 0.15) is 0 Å². The molecular weight excluding hydrogens is 264 g/mol. The predicted octanol–water partition coefficient (Wildman–Crippen LogP) is 3.92. The molecule has 0 spiro atoms. The molecule has 114 valence electrons. The zero-order valence-corrected chi connectivity index (χ0v) is 14.1. The maximum atomic E-state index is 3.75. The van der Waals surface area contributed by atoms with E-state index in [0.717, 1.165) is 6.54 Å². The average Bonchev–Trinajstić information content (AvgIpc) is 2.97. The molecule has 0 radical (unpaired) electrons. The molecule has 20 heavy (non-hydrogen) atoms. The van der Waals surface area contributed by atoms with Gasteiger partial charge in [0, 0.05) is 16.5 Å². The van der Waals surface area contributed by atoms with Crippen molar-refractivity contribution in [3.8, 4) is 0 Å². The van der Waals surface area contributed by atoms with Gasteiger partial charge in [-0.15, -0.1) is 11.3 Å². The number of hydrogen-bond acceptors (Lipinski definition) is 3. The Bertz CT molecular complexity index is 366. The number of aryl methyl sites for hydroxylation is 1. The molecule has 1 aliphatic heterocycles. The smallest absolute Gasteiger partial charge is 0.0306 e. The Labute approximate surface area is 128 Å². The van der Waals surface area contributed by atoms with Crippen LogP contribution in [0.4, 0.5) is 0 Å². The molecule has 0 amide bonds. The van der Waals surface area contributed by atoms with Crippen LogP contribution in [0.1, 0.15) is 51.3 Å². The SMILES string of the molecule is CCNC(CCc1cccs1)C(C)(C)N1CCCCC1. The number of likely N-dealkylation sites (tertiary alicyclic amines) is 1. The first-order valence-corrected chi connectivity index (χ1v) is 9.03. The van der Waals surface area contributed by atoms with Crippen LogP contribution in [0.15, 0.2) is 17.5 Å². The topological polar surface area (TPSA) is 15.3 Å². The van der Waals surface area contributed by atoms with Gasteiger partial charge in [0.2, 0.25) is 0 Å². The Morgan fingerprint density at radius 2 is 2.05 bits per heavy atom. The highest BCUT2D eigenvalue weighted by Gasteiger charge is 2.35. The van der Waals surface area contributed by atoms with Crippen molar-refractivity contribution in [1.82, 2.24) is 10.2 Å². The van der Waals surface area contributed by atoms with E-state index in [2.05, 4.69) is 48.5 Å². The molecule has 2 nitrogen and oxygen atoms in total. The molecular formula is C17H30N2S. The van der Waals surface area contributed by atoms with E-state index < -0.39 is 0 Å². The van der Waals surface area contributed by atoms with E-state index in [4.69, 9.17) is 0 Å². The van der Waals surface area contributed by atoms with Gasteiger partial charge in [-0.25, -0.2) is 0 Å². The van der Waals surface area contributed by atoms with Gasteiger partial charge in [0.25, 0.3) is 0 Å². The molecule has 0 aromatic carbocycles. The van der Waals surface area contributed by atoms with Gasteiger partial charge in [0.15, 0.2) is 0 Å². The Morgan fingerprint density at radius 1 is 1.30 bits per heavy atom. The van der Waals surface area contributed by atoms with Gasteiger partial charge in [-0.05, 0) is 70.6 Å². The average molecular weight is 295 g/mol. The number of likely N-dealkylation sites (N-methyl/N-ethyl adjacent to an activating group) is 1. The van der Waals surface area contributed by atoms with Crippen molar-refractivity contribution in [2.24, 2.45) is 0 Å². The molecule has 2 rings (SSSR count). The second-order valence-electron chi connectivity index (χ2n) is 6.43. The van der Waals surface area contributed by atoms with Crippen LogP contribution in [0.2, 0.25) is 0 Å². The molecule has 1 aliphatic rings. The molecule has 1 aromatic heterocycles. The lowest BCUT2D eigenvalue weighted by molar-refractivity contribution is 0.0589. The molecule has 1 N–H and O–H groups in total. The van der Waals surface area contributed by atoms with E-state index in [1.807, 2.05) is 11.3 Å². The summed E-state index contributed by atoms with van der Waals surface area (Å²) in [6, 6.07) is 5.01. The van der Waals surface area contributed by atoms with Crippen molar-refractivity contribution in [3.63, 3.8) is 0 Å². The first-order valence-electron chi connectivity index (χ1n) is 8.15. The Hall–Kier alpha value is -0.380. The van der Waals surface area contributed by atoms with Crippen molar-refractivity contribution in [1.29, 1.82) is 0 Å². The van der Waals surface area contributed by atoms with Gasteiger partial charge in [-0.1, -0.05) is 19.4 Å². The summed E-state index contributed by atoms with van der Waals surface area (Å²) in [5.41, 5.74) is 0.258. The van der Waals surface area contributed by atoms with Crippen molar-refractivity contribution in [2.75, 3.05) is 19.6 Å². The van der Waals surface area contributed by atoms with Crippen LogP contribution in [0.5, 0.6) is 0 Å². The molecule has 1 saturated heterocycles. The summed E-state index contributed by atoms with van der Waals surface area (Å²) in [6.45, 7) is 10.7. The second-order valence-corrected chi connectivity index (χ2v) is 7.46. The summed E-state index contributed by atoms with van der Waals surface area (Å²) < 4.78 is 0. The number of nitrogens with one attached hydrogen (secondary N) is 1. The van der Waals surface area contributed by atoms with Crippen LogP contribution in [-0.4, -0.2) is 36.1 Å². The van der Waals surface area contributed by atoms with Crippen molar-refractivity contribution < 1.29 is 0 Å². The molecule has 0 aliphatic carbocycles. The van der Waals surface area contributed by atoms with E-state index in [1.165, 1.54) is 50.1 Å². The summed E-state index contributed by atoms with van der Waals surface area (Å²) in [6.07, 6.45) is 6.58. The first kappa shape index (κ1) is 16.0. The fourth-order valence-corrected chi connectivity index (χ4v) is 4.11. The predicted molar refractivity (Wildman–Crippen MR) is 89.6 cm³/mol. The minimum absolute atomic E-state index is 0.258. The maximum absolute atomic E-state index is 3.75. The van der Waals surface area contributed by atoms with Crippen LogP contribution in [-0.2, 0) is 6.42 Å². The Kier molecular flexibility index (Phi) is 6.06. The van der Waals surface area contributed by atoms with E-state index in [0.29, 0.717) is 6.04 Å². The Morgan fingerprint density at radius 3 is 2.65 bits per heavy atom. The standard InChI is InChI=1S/C17H30N2S/c1-4-18-16(11-10-15-9-8-14-20-15)17(2,3)19-12-6-5-7-13-19/h8-9,14,16,18H,4-7,10-13H2,1-3H3. The Balaban J connectivity index is 1.97. The lowest BCUT2D eigenvalue weighted by Crippen LogP contribution is -2.59. The highest BCUT2D eigenvalue weighted by molar-refractivity contribution is 7.09. The zero-order valence-electron chi connectivity index (χ0n) is 13.3. The van der Waals surface area contributed by atoms with Crippen LogP contribution >= 0.6 is 11.3 Å². The van der Waals surface area contributed by atoms with Crippen LogP contribution in [0.25, 0.3) is 0 Å². The minimum atomic E-state index is 0.258. The summed E-state index contributed by atoms with van der Waals surface area (Å²) in [5, 5.41) is 5.93. The minimum Gasteiger partial charge on any atom is -0.312 e. The van der Waals surface area contributed by atoms with Gasteiger partial charge in [-0.2, -0.15) is 0 Å². The van der Waals surface area contributed by atoms with Gasteiger partial charge < -0.3 is 5.32 Å². The van der Waals surface area contributed by atoms with Crippen molar-refractivity contribution in [2.45, 2.75) is 64.5 Å². The lowest BCUT2D eigenvalue weighted by Gasteiger charge is -2.46. The third-order valence-corrected chi connectivity index (χ3v) is 5.67. The number of nitrogens with zero attached hydrogens (tertiary/aromatic N) is 1. The van der Waals surface area contributed by atoms with Crippen LogP contribution in [0, 0.1) is 0 Å².